The zero-order valence-electron chi connectivity index (χ0n) is 16.8. The number of amides is 1. The van der Waals surface area contributed by atoms with Crippen LogP contribution in [0.4, 0.5) is 10.5 Å². The van der Waals surface area contributed by atoms with Crippen molar-refractivity contribution in [3.05, 3.63) is 89.0 Å². The number of hydrogen-bond acceptors (Lipinski definition) is 2. The summed E-state index contributed by atoms with van der Waals surface area (Å²) in [4.78, 5) is 12.0. The van der Waals surface area contributed by atoms with Gasteiger partial charge in [0.2, 0.25) is 0 Å². The van der Waals surface area contributed by atoms with Gasteiger partial charge in [0.25, 0.3) is 0 Å². The SMILES string of the molecule is CCc1cc(-c2ccc(NC(=O)OCc3ccccc3)cc2)cc(CC)c1C. The highest BCUT2D eigenvalue weighted by atomic mass is 16.5. The van der Waals surface area contributed by atoms with Gasteiger partial charge < -0.3 is 4.74 Å². The second-order valence-corrected chi connectivity index (χ2v) is 6.89. The number of aryl methyl sites for hydroxylation is 2. The standard InChI is InChI=1S/C25H27NO2/c1-4-20-15-23(16-21(5-2)18(20)3)22-11-13-24(14-12-22)26-25(27)28-17-19-9-7-6-8-10-19/h6-16H,4-5,17H2,1-3H3,(H,26,27). The Bertz CT molecular complexity index is 906. The van der Waals surface area contributed by atoms with Gasteiger partial charge in [0, 0.05) is 5.69 Å². The first-order valence-electron chi connectivity index (χ1n) is 9.81. The highest BCUT2D eigenvalue weighted by Crippen LogP contribution is 2.27. The first-order chi connectivity index (χ1) is 13.6. The molecule has 0 bridgehead atoms. The number of anilines is 1. The average molecular weight is 373 g/mol. The van der Waals surface area contributed by atoms with E-state index in [0.29, 0.717) is 0 Å². The molecule has 3 aromatic carbocycles. The second-order valence-electron chi connectivity index (χ2n) is 6.89. The zero-order valence-corrected chi connectivity index (χ0v) is 16.8. The summed E-state index contributed by atoms with van der Waals surface area (Å²) in [7, 11) is 0. The molecule has 1 N–H and O–H groups in total. The molecule has 0 spiro atoms. The zero-order chi connectivity index (χ0) is 19.9. The lowest BCUT2D eigenvalue weighted by molar-refractivity contribution is 0.155. The number of benzene rings is 3. The van der Waals surface area contributed by atoms with Crippen molar-refractivity contribution in [2.75, 3.05) is 5.32 Å². The molecular formula is C25H27NO2. The van der Waals surface area contributed by atoms with Crippen LogP contribution in [-0.2, 0) is 24.2 Å². The quantitative estimate of drug-likeness (QED) is 0.533. The third-order valence-corrected chi connectivity index (χ3v) is 5.06. The number of carbonyl (C=O) groups excluding carboxylic acids is 1. The van der Waals surface area contributed by atoms with Crippen molar-refractivity contribution in [3.8, 4) is 11.1 Å². The summed E-state index contributed by atoms with van der Waals surface area (Å²) in [6.45, 7) is 6.85. The Morgan fingerprint density at radius 1 is 0.857 bits per heavy atom. The summed E-state index contributed by atoms with van der Waals surface area (Å²) < 4.78 is 5.27. The molecule has 0 saturated heterocycles. The van der Waals surface area contributed by atoms with Crippen molar-refractivity contribution in [2.24, 2.45) is 0 Å². The molecule has 0 heterocycles. The molecule has 3 nitrogen and oxygen atoms in total. The Hall–Kier alpha value is -3.07. The molecule has 0 fully saturated rings. The Kier molecular flexibility index (Phi) is 6.49. The van der Waals surface area contributed by atoms with Gasteiger partial charge in [-0.3, -0.25) is 5.32 Å². The lowest BCUT2D eigenvalue weighted by atomic mass is 9.93. The van der Waals surface area contributed by atoms with Gasteiger partial charge in [0.1, 0.15) is 6.61 Å². The number of ether oxygens (including phenoxy) is 1. The van der Waals surface area contributed by atoms with Crippen molar-refractivity contribution in [3.63, 3.8) is 0 Å². The predicted octanol–water partition coefficient (Wildman–Crippen LogP) is 6.54. The van der Waals surface area contributed by atoms with Crippen LogP contribution in [0.1, 0.15) is 36.1 Å². The smallest absolute Gasteiger partial charge is 0.411 e. The monoisotopic (exact) mass is 373 g/mol. The van der Waals surface area contributed by atoms with Crippen LogP contribution in [0.15, 0.2) is 66.7 Å². The Balaban J connectivity index is 1.67. The third kappa shape index (κ3) is 4.80. The molecule has 3 heteroatoms. The van der Waals surface area contributed by atoms with Crippen LogP contribution in [0, 0.1) is 6.92 Å². The van der Waals surface area contributed by atoms with Crippen LogP contribution in [0.25, 0.3) is 11.1 Å². The summed E-state index contributed by atoms with van der Waals surface area (Å²) in [6, 6.07) is 22.1. The summed E-state index contributed by atoms with van der Waals surface area (Å²) >= 11 is 0. The Morgan fingerprint density at radius 2 is 1.46 bits per heavy atom. The van der Waals surface area contributed by atoms with Crippen molar-refractivity contribution in [1.29, 1.82) is 0 Å². The molecule has 0 aliphatic rings. The van der Waals surface area contributed by atoms with Crippen LogP contribution in [0.3, 0.4) is 0 Å². The molecule has 0 aromatic heterocycles. The maximum Gasteiger partial charge on any atom is 0.411 e. The Morgan fingerprint density at radius 3 is 2.04 bits per heavy atom. The van der Waals surface area contributed by atoms with E-state index >= 15 is 0 Å². The first-order valence-corrected chi connectivity index (χ1v) is 9.81. The summed E-state index contributed by atoms with van der Waals surface area (Å²) in [5.74, 6) is 0. The van der Waals surface area contributed by atoms with E-state index in [0.717, 1.165) is 29.7 Å². The van der Waals surface area contributed by atoms with Crippen LogP contribution in [0.5, 0.6) is 0 Å². The fraction of sp³-hybridized carbons (Fsp3) is 0.240. The normalized spacial score (nSPS) is 10.5. The maximum absolute atomic E-state index is 12.0. The fourth-order valence-electron chi connectivity index (χ4n) is 3.36. The summed E-state index contributed by atoms with van der Waals surface area (Å²) in [5, 5.41) is 2.78. The van der Waals surface area contributed by atoms with Gasteiger partial charge in [0.05, 0.1) is 0 Å². The number of rotatable bonds is 6. The van der Waals surface area contributed by atoms with Gasteiger partial charge in [-0.1, -0.05) is 68.4 Å². The topological polar surface area (TPSA) is 38.3 Å². The maximum atomic E-state index is 12.0. The number of nitrogens with one attached hydrogen (secondary N) is 1. The molecule has 1 amide bonds. The lowest BCUT2D eigenvalue weighted by Crippen LogP contribution is -2.13. The number of carbonyl (C=O) groups is 1. The molecule has 28 heavy (non-hydrogen) atoms. The highest BCUT2D eigenvalue weighted by Gasteiger charge is 2.08. The van der Waals surface area contributed by atoms with E-state index < -0.39 is 6.09 Å². The van der Waals surface area contributed by atoms with E-state index in [9.17, 15) is 4.79 Å². The predicted molar refractivity (Wildman–Crippen MR) is 116 cm³/mol. The van der Waals surface area contributed by atoms with Crippen molar-refractivity contribution < 1.29 is 9.53 Å². The molecule has 0 saturated carbocycles. The molecular weight excluding hydrogens is 346 g/mol. The van der Waals surface area contributed by atoms with E-state index in [4.69, 9.17) is 4.74 Å². The molecule has 3 rings (SSSR count). The van der Waals surface area contributed by atoms with Gasteiger partial charge >= 0.3 is 6.09 Å². The van der Waals surface area contributed by atoms with Gasteiger partial charge in [0.15, 0.2) is 0 Å². The van der Waals surface area contributed by atoms with E-state index in [1.165, 1.54) is 22.3 Å². The van der Waals surface area contributed by atoms with Crippen LogP contribution in [0.2, 0.25) is 0 Å². The number of hydrogen-bond donors (Lipinski definition) is 1. The molecule has 0 atom stereocenters. The van der Waals surface area contributed by atoms with Crippen LogP contribution >= 0.6 is 0 Å². The molecule has 0 radical (unpaired) electrons. The summed E-state index contributed by atoms with van der Waals surface area (Å²) in [6.07, 6.45) is 1.60. The van der Waals surface area contributed by atoms with Gasteiger partial charge in [-0.05, 0) is 65.3 Å². The van der Waals surface area contributed by atoms with E-state index in [1.807, 2.05) is 54.6 Å². The second kappa shape index (κ2) is 9.23. The van der Waals surface area contributed by atoms with Crippen LogP contribution in [-0.4, -0.2) is 6.09 Å². The lowest BCUT2D eigenvalue weighted by Gasteiger charge is -2.13. The first kappa shape index (κ1) is 19.7. The minimum absolute atomic E-state index is 0.258. The van der Waals surface area contributed by atoms with E-state index in [1.54, 1.807) is 0 Å². The summed E-state index contributed by atoms with van der Waals surface area (Å²) in [5.41, 5.74) is 8.23. The third-order valence-electron chi connectivity index (χ3n) is 5.06. The van der Waals surface area contributed by atoms with Gasteiger partial charge in [-0.2, -0.15) is 0 Å². The minimum atomic E-state index is -0.450. The average Bonchev–Trinajstić information content (AvgIpc) is 2.74. The van der Waals surface area contributed by atoms with Crippen molar-refractivity contribution in [2.45, 2.75) is 40.2 Å². The van der Waals surface area contributed by atoms with E-state index in [2.05, 4.69) is 38.2 Å². The fourth-order valence-corrected chi connectivity index (χ4v) is 3.36. The Labute approximate surface area is 167 Å². The van der Waals surface area contributed by atoms with Gasteiger partial charge in [-0.15, -0.1) is 0 Å². The molecule has 0 aliphatic heterocycles. The largest absolute Gasteiger partial charge is 0.444 e. The van der Waals surface area contributed by atoms with Crippen LogP contribution < -0.4 is 5.32 Å². The molecule has 3 aromatic rings. The molecule has 0 unspecified atom stereocenters. The molecule has 0 aliphatic carbocycles. The van der Waals surface area contributed by atoms with Crippen molar-refractivity contribution in [1.82, 2.24) is 0 Å². The highest BCUT2D eigenvalue weighted by molar-refractivity contribution is 5.85. The van der Waals surface area contributed by atoms with Gasteiger partial charge in [-0.25, -0.2) is 4.79 Å². The molecule has 144 valence electrons. The van der Waals surface area contributed by atoms with E-state index in [-0.39, 0.29) is 6.61 Å². The minimum Gasteiger partial charge on any atom is -0.444 e. The van der Waals surface area contributed by atoms with Crippen molar-refractivity contribution >= 4 is 11.8 Å².